The van der Waals surface area contributed by atoms with Crippen molar-refractivity contribution in [2.75, 3.05) is 38.2 Å². The van der Waals surface area contributed by atoms with E-state index in [4.69, 9.17) is 10.5 Å². The second-order valence-corrected chi connectivity index (χ2v) is 5.56. The van der Waals surface area contributed by atoms with Gasteiger partial charge in [0.15, 0.2) is 5.96 Å². The fourth-order valence-electron chi connectivity index (χ4n) is 1.92. The number of halogens is 2. The number of aliphatic imine (C=N–C) groups is 1. The van der Waals surface area contributed by atoms with Crippen molar-refractivity contribution in [1.29, 1.82) is 0 Å². The molecule has 0 atom stereocenters. The fourth-order valence-corrected chi connectivity index (χ4v) is 2.19. The lowest BCUT2D eigenvalue weighted by Crippen LogP contribution is -2.44. The molecule has 1 aromatic rings. The molecule has 122 valence electrons. The van der Waals surface area contributed by atoms with Gasteiger partial charge in [0.1, 0.15) is 0 Å². The molecule has 0 spiro atoms. The molecule has 1 saturated heterocycles. The molecular formula is C14H20BrIN4O2. The summed E-state index contributed by atoms with van der Waals surface area (Å²) in [6.45, 7) is 3.22. The Kier molecular flexibility index (Phi) is 8.72. The summed E-state index contributed by atoms with van der Waals surface area (Å²) in [4.78, 5) is 18.0. The summed E-state index contributed by atoms with van der Waals surface area (Å²) in [5.41, 5.74) is 6.66. The molecule has 1 amide bonds. The third-order valence-corrected chi connectivity index (χ3v) is 3.60. The molecule has 0 aromatic heterocycles. The van der Waals surface area contributed by atoms with Crippen molar-refractivity contribution in [1.82, 2.24) is 4.90 Å². The van der Waals surface area contributed by atoms with E-state index in [2.05, 4.69) is 26.2 Å². The zero-order valence-corrected chi connectivity index (χ0v) is 16.0. The zero-order valence-electron chi connectivity index (χ0n) is 12.1. The van der Waals surface area contributed by atoms with Crippen molar-refractivity contribution < 1.29 is 9.53 Å². The lowest BCUT2D eigenvalue weighted by atomic mass is 10.3. The van der Waals surface area contributed by atoms with E-state index in [0.29, 0.717) is 32.1 Å². The van der Waals surface area contributed by atoms with E-state index < -0.39 is 0 Å². The van der Waals surface area contributed by atoms with Crippen molar-refractivity contribution in [3.8, 4) is 0 Å². The number of nitrogens with one attached hydrogen (secondary N) is 1. The lowest BCUT2D eigenvalue weighted by molar-refractivity contribution is -0.116. The smallest absolute Gasteiger partial charge is 0.226 e. The first kappa shape index (κ1) is 19.2. The summed E-state index contributed by atoms with van der Waals surface area (Å²) < 4.78 is 6.22. The maximum absolute atomic E-state index is 11.8. The predicted molar refractivity (Wildman–Crippen MR) is 102 cm³/mol. The number of anilines is 1. The molecule has 22 heavy (non-hydrogen) atoms. The molecule has 0 unspecified atom stereocenters. The topological polar surface area (TPSA) is 79.9 Å². The number of amides is 1. The second-order valence-electron chi connectivity index (χ2n) is 4.64. The van der Waals surface area contributed by atoms with Crippen LogP contribution in [0.3, 0.4) is 0 Å². The van der Waals surface area contributed by atoms with Crippen LogP contribution < -0.4 is 11.1 Å². The number of ether oxygens (including phenoxy) is 1. The largest absolute Gasteiger partial charge is 0.378 e. The van der Waals surface area contributed by atoms with Crippen molar-refractivity contribution >= 4 is 57.5 Å². The highest BCUT2D eigenvalue weighted by Gasteiger charge is 2.12. The Bertz CT molecular complexity index is 504. The number of benzene rings is 1. The number of hydrogen-bond donors (Lipinski definition) is 2. The number of hydrogen-bond acceptors (Lipinski definition) is 3. The molecule has 0 radical (unpaired) electrons. The summed E-state index contributed by atoms with van der Waals surface area (Å²) in [6.07, 6.45) is 0.307. The van der Waals surface area contributed by atoms with Crippen molar-refractivity contribution in [2.24, 2.45) is 10.7 Å². The van der Waals surface area contributed by atoms with Crippen LogP contribution >= 0.6 is 39.9 Å². The summed E-state index contributed by atoms with van der Waals surface area (Å²) >= 11 is 3.35. The Balaban J connectivity index is 0.00000242. The Morgan fingerprint density at radius 1 is 1.32 bits per heavy atom. The van der Waals surface area contributed by atoms with E-state index in [-0.39, 0.29) is 29.9 Å². The maximum atomic E-state index is 11.8. The zero-order chi connectivity index (χ0) is 15.1. The highest BCUT2D eigenvalue weighted by molar-refractivity contribution is 14.0. The van der Waals surface area contributed by atoms with E-state index >= 15 is 0 Å². The molecule has 0 aliphatic carbocycles. The molecule has 1 heterocycles. The summed E-state index contributed by atoms with van der Waals surface area (Å²) in [6, 6.07) is 7.44. The van der Waals surface area contributed by atoms with Gasteiger partial charge in [-0.1, -0.05) is 15.9 Å². The number of nitrogens with zero attached hydrogens (tertiary/aromatic N) is 2. The van der Waals surface area contributed by atoms with Crippen LogP contribution in [0.4, 0.5) is 5.69 Å². The third-order valence-electron chi connectivity index (χ3n) is 3.08. The van der Waals surface area contributed by atoms with E-state index in [0.717, 1.165) is 23.2 Å². The van der Waals surface area contributed by atoms with Gasteiger partial charge < -0.3 is 20.7 Å². The molecule has 0 bridgehead atoms. The van der Waals surface area contributed by atoms with Crippen LogP contribution in [0.1, 0.15) is 6.42 Å². The highest BCUT2D eigenvalue weighted by Crippen LogP contribution is 2.14. The van der Waals surface area contributed by atoms with Crippen LogP contribution in [-0.2, 0) is 9.53 Å². The van der Waals surface area contributed by atoms with Crippen molar-refractivity contribution in [3.05, 3.63) is 28.7 Å². The number of rotatable bonds is 4. The van der Waals surface area contributed by atoms with Gasteiger partial charge in [-0.25, -0.2) is 0 Å². The number of carbonyl (C=O) groups is 1. The molecule has 1 aliphatic heterocycles. The first-order valence-corrected chi connectivity index (χ1v) is 7.62. The van der Waals surface area contributed by atoms with Crippen LogP contribution in [0.2, 0.25) is 0 Å². The van der Waals surface area contributed by atoms with Crippen LogP contribution in [0.15, 0.2) is 33.7 Å². The standard InChI is InChI=1S/C14H19BrN4O2.HI/c15-11-1-3-12(4-2-11)18-13(20)5-6-17-14(16)19-7-9-21-10-8-19;/h1-4H,5-10H2,(H2,16,17)(H,18,20);1H. The van der Waals surface area contributed by atoms with Crippen molar-refractivity contribution in [2.45, 2.75) is 6.42 Å². The molecule has 0 saturated carbocycles. The Morgan fingerprint density at radius 2 is 1.95 bits per heavy atom. The van der Waals surface area contributed by atoms with Crippen LogP contribution in [-0.4, -0.2) is 49.6 Å². The van der Waals surface area contributed by atoms with Crippen LogP contribution in [0.25, 0.3) is 0 Å². The average Bonchev–Trinajstić information content (AvgIpc) is 2.50. The van der Waals surface area contributed by atoms with Crippen LogP contribution in [0, 0.1) is 0 Å². The molecule has 1 aliphatic rings. The van der Waals surface area contributed by atoms with E-state index in [1.54, 1.807) is 0 Å². The van der Waals surface area contributed by atoms with Crippen LogP contribution in [0.5, 0.6) is 0 Å². The van der Waals surface area contributed by atoms with Gasteiger partial charge in [-0.15, -0.1) is 24.0 Å². The molecule has 2 rings (SSSR count). The molecule has 1 aromatic carbocycles. The molecule has 3 N–H and O–H groups in total. The molecular weight excluding hydrogens is 463 g/mol. The monoisotopic (exact) mass is 482 g/mol. The van der Waals surface area contributed by atoms with Gasteiger partial charge in [-0.2, -0.15) is 0 Å². The SMILES string of the molecule is I.NC(=NCCC(=O)Nc1ccc(Br)cc1)N1CCOCC1. The third kappa shape index (κ3) is 6.49. The van der Waals surface area contributed by atoms with Crippen molar-refractivity contribution in [3.63, 3.8) is 0 Å². The minimum absolute atomic E-state index is 0. The highest BCUT2D eigenvalue weighted by atomic mass is 127. The number of morpholine rings is 1. The summed E-state index contributed by atoms with van der Waals surface area (Å²) in [7, 11) is 0. The maximum Gasteiger partial charge on any atom is 0.226 e. The van der Waals surface area contributed by atoms with Gasteiger partial charge in [0.2, 0.25) is 5.91 Å². The number of guanidine groups is 1. The van der Waals surface area contributed by atoms with Gasteiger partial charge >= 0.3 is 0 Å². The first-order valence-electron chi connectivity index (χ1n) is 6.83. The first-order chi connectivity index (χ1) is 10.1. The minimum Gasteiger partial charge on any atom is -0.378 e. The van der Waals surface area contributed by atoms with E-state index in [1.807, 2.05) is 29.2 Å². The van der Waals surface area contributed by atoms with Gasteiger partial charge in [-0.3, -0.25) is 9.79 Å². The molecule has 1 fully saturated rings. The lowest BCUT2D eigenvalue weighted by Gasteiger charge is -2.27. The summed E-state index contributed by atoms with van der Waals surface area (Å²) in [5.74, 6) is 0.408. The quantitative estimate of drug-likeness (QED) is 0.391. The predicted octanol–water partition coefficient (Wildman–Crippen LogP) is 2.04. The van der Waals surface area contributed by atoms with Gasteiger partial charge in [-0.05, 0) is 24.3 Å². The minimum atomic E-state index is -0.0733. The molecule has 8 heteroatoms. The second kappa shape index (κ2) is 10.0. The summed E-state index contributed by atoms with van der Waals surface area (Å²) in [5, 5.41) is 2.82. The van der Waals surface area contributed by atoms with Gasteiger partial charge in [0.05, 0.1) is 19.8 Å². The van der Waals surface area contributed by atoms with Gasteiger partial charge in [0.25, 0.3) is 0 Å². The number of carbonyl (C=O) groups excluding carboxylic acids is 1. The normalized spacial score (nSPS) is 15.1. The average molecular weight is 483 g/mol. The Morgan fingerprint density at radius 3 is 2.59 bits per heavy atom. The number of nitrogens with two attached hydrogens (primary N) is 1. The Hall–Kier alpha value is -0.870. The van der Waals surface area contributed by atoms with E-state index in [1.165, 1.54) is 0 Å². The van der Waals surface area contributed by atoms with Gasteiger partial charge in [0, 0.05) is 29.7 Å². The fraction of sp³-hybridized carbons (Fsp3) is 0.429. The van der Waals surface area contributed by atoms with E-state index in [9.17, 15) is 4.79 Å². The molecule has 6 nitrogen and oxygen atoms in total. The Labute approximate surface area is 155 Å².